The highest BCUT2D eigenvalue weighted by Gasteiger charge is 2.07. The van der Waals surface area contributed by atoms with Gasteiger partial charge in [0.1, 0.15) is 0 Å². The fourth-order valence-electron chi connectivity index (χ4n) is 2.46. The summed E-state index contributed by atoms with van der Waals surface area (Å²) in [5.74, 6) is -0.0827. The summed E-state index contributed by atoms with van der Waals surface area (Å²) in [5.41, 5.74) is 3.78. The van der Waals surface area contributed by atoms with Gasteiger partial charge >= 0.3 is 0 Å². The molecular weight excluding hydrogens is 298 g/mol. The van der Waals surface area contributed by atoms with Gasteiger partial charge in [-0.3, -0.25) is 4.79 Å². The van der Waals surface area contributed by atoms with Crippen LogP contribution in [-0.4, -0.2) is 45.0 Å². The maximum absolute atomic E-state index is 12.3. The lowest BCUT2D eigenvalue weighted by Gasteiger charge is -2.20. The SMILES string of the molecule is Cc1ccc(NC(=O)c2ccc(N(C)CCCN(C)C)cc2)cc1. The van der Waals surface area contributed by atoms with Gasteiger partial charge in [-0.2, -0.15) is 0 Å². The van der Waals surface area contributed by atoms with Crippen molar-refractivity contribution in [1.29, 1.82) is 0 Å². The Morgan fingerprint density at radius 3 is 2.12 bits per heavy atom. The summed E-state index contributed by atoms with van der Waals surface area (Å²) in [4.78, 5) is 16.7. The average molecular weight is 325 g/mol. The van der Waals surface area contributed by atoms with Gasteiger partial charge in [-0.25, -0.2) is 0 Å². The van der Waals surface area contributed by atoms with Crippen LogP contribution < -0.4 is 10.2 Å². The number of carbonyl (C=O) groups is 1. The maximum atomic E-state index is 12.3. The third-order valence-corrected chi connectivity index (χ3v) is 3.98. The Bertz CT molecular complexity index is 648. The topological polar surface area (TPSA) is 35.6 Å². The zero-order chi connectivity index (χ0) is 17.5. The quantitative estimate of drug-likeness (QED) is 0.844. The van der Waals surface area contributed by atoms with Crippen molar-refractivity contribution in [3.05, 3.63) is 59.7 Å². The molecule has 0 aliphatic heterocycles. The second-order valence-electron chi connectivity index (χ2n) is 6.45. The van der Waals surface area contributed by atoms with Crippen molar-refractivity contribution in [3.8, 4) is 0 Å². The molecule has 2 aromatic rings. The zero-order valence-electron chi connectivity index (χ0n) is 15.0. The van der Waals surface area contributed by atoms with Crippen molar-refractivity contribution >= 4 is 17.3 Å². The summed E-state index contributed by atoms with van der Waals surface area (Å²) >= 11 is 0. The molecule has 1 N–H and O–H groups in total. The minimum absolute atomic E-state index is 0.0827. The number of rotatable bonds is 7. The van der Waals surface area contributed by atoms with Gasteiger partial charge in [0.25, 0.3) is 5.91 Å². The molecular formula is C20H27N3O. The molecule has 0 fully saturated rings. The number of anilines is 2. The predicted octanol–water partition coefficient (Wildman–Crippen LogP) is 3.64. The number of amides is 1. The first kappa shape index (κ1) is 18.0. The Balaban J connectivity index is 1.93. The second-order valence-corrected chi connectivity index (χ2v) is 6.45. The Morgan fingerprint density at radius 1 is 0.917 bits per heavy atom. The van der Waals surface area contributed by atoms with Crippen molar-refractivity contribution in [1.82, 2.24) is 4.90 Å². The predicted molar refractivity (Wildman–Crippen MR) is 102 cm³/mol. The summed E-state index contributed by atoms with van der Waals surface area (Å²) in [6, 6.07) is 15.6. The Morgan fingerprint density at radius 2 is 1.54 bits per heavy atom. The van der Waals surface area contributed by atoms with Crippen LogP contribution in [0.25, 0.3) is 0 Å². The van der Waals surface area contributed by atoms with E-state index >= 15 is 0 Å². The van der Waals surface area contributed by atoms with Gasteiger partial charge in [-0.1, -0.05) is 17.7 Å². The fourth-order valence-corrected chi connectivity index (χ4v) is 2.46. The Kier molecular flexibility index (Phi) is 6.38. The van der Waals surface area contributed by atoms with Gasteiger partial charge in [-0.05, 0) is 70.4 Å². The number of benzene rings is 2. The first-order valence-corrected chi connectivity index (χ1v) is 8.29. The summed E-state index contributed by atoms with van der Waals surface area (Å²) in [7, 11) is 6.25. The molecule has 0 saturated heterocycles. The van der Waals surface area contributed by atoms with Gasteiger partial charge in [0.2, 0.25) is 0 Å². The molecule has 1 amide bonds. The first-order chi connectivity index (χ1) is 11.5. The van der Waals surface area contributed by atoms with Crippen LogP contribution in [-0.2, 0) is 0 Å². The van der Waals surface area contributed by atoms with E-state index in [1.54, 1.807) is 0 Å². The molecule has 0 aliphatic carbocycles. The van der Waals surface area contributed by atoms with Crippen molar-refractivity contribution in [2.45, 2.75) is 13.3 Å². The van der Waals surface area contributed by atoms with Crippen molar-refractivity contribution < 1.29 is 4.79 Å². The van der Waals surface area contributed by atoms with E-state index in [4.69, 9.17) is 0 Å². The molecule has 2 aromatic carbocycles. The average Bonchev–Trinajstić information content (AvgIpc) is 2.56. The first-order valence-electron chi connectivity index (χ1n) is 8.29. The highest BCUT2D eigenvalue weighted by atomic mass is 16.1. The van der Waals surface area contributed by atoms with Gasteiger partial charge in [0, 0.05) is 30.5 Å². The molecule has 0 aromatic heterocycles. The number of hydrogen-bond acceptors (Lipinski definition) is 3. The van der Waals surface area contributed by atoms with E-state index < -0.39 is 0 Å². The lowest BCUT2D eigenvalue weighted by molar-refractivity contribution is 0.102. The minimum atomic E-state index is -0.0827. The maximum Gasteiger partial charge on any atom is 0.255 e. The molecule has 2 rings (SSSR count). The van der Waals surface area contributed by atoms with Crippen LogP contribution in [0.1, 0.15) is 22.3 Å². The van der Waals surface area contributed by atoms with Gasteiger partial charge < -0.3 is 15.1 Å². The highest BCUT2D eigenvalue weighted by Crippen LogP contribution is 2.16. The monoisotopic (exact) mass is 325 g/mol. The van der Waals surface area contributed by atoms with Crippen molar-refractivity contribution in [2.75, 3.05) is 44.4 Å². The third-order valence-electron chi connectivity index (χ3n) is 3.98. The second kappa shape index (κ2) is 8.50. The van der Waals surface area contributed by atoms with E-state index in [1.165, 1.54) is 5.56 Å². The van der Waals surface area contributed by atoms with Crippen LogP contribution in [0, 0.1) is 6.92 Å². The molecule has 0 aliphatic rings. The normalized spacial score (nSPS) is 10.7. The number of nitrogens with zero attached hydrogens (tertiary/aromatic N) is 2. The molecule has 4 heteroatoms. The molecule has 128 valence electrons. The molecule has 0 atom stereocenters. The molecule has 0 bridgehead atoms. The number of nitrogens with one attached hydrogen (secondary N) is 1. The van der Waals surface area contributed by atoms with Crippen LogP contribution >= 0.6 is 0 Å². The van der Waals surface area contributed by atoms with E-state index in [0.29, 0.717) is 5.56 Å². The van der Waals surface area contributed by atoms with Crippen LogP contribution in [0.3, 0.4) is 0 Å². The standard InChI is InChI=1S/C20H27N3O/c1-16-6-10-18(11-7-16)21-20(24)17-8-12-19(13-9-17)23(4)15-5-14-22(2)3/h6-13H,5,14-15H2,1-4H3,(H,21,24). The number of aryl methyl sites for hydroxylation is 1. The van der Waals surface area contributed by atoms with Crippen molar-refractivity contribution in [2.24, 2.45) is 0 Å². The smallest absolute Gasteiger partial charge is 0.255 e. The van der Waals surface area contributed by atoms with E-state index in [9.17, 15) is 4.79 Å². The number of hydrogen-bond donors (Lipinski definition) is 1. The molecule has 0 heterocycles. The summed E-state index contributed by atoms with van der Waals surface area (Å²) in [5, 5.41) is 2.92. The summed E-state index contributed by atoms with van der Waals surface area (Å²) < 4.78 is 0. The van der Waals surface area contributed by atoms with Crippen LogP contribution in [0.2, 0.25) is 0 Å². The molecule has 0 saturated carbocycles. The molecule has 4 nitrogen and oxygen atoms in total. The van der Waals surface area contributed by atoms with Gasteiger partial charge in [0.15, 0.2) is 0 Å². The van der Waals surface area contributed by atoms with Crippen LogP contribution in [0.5, 0.6) is 0 Å². The minimum Gasteiger partial charge on any atom is -0.375 e. The van der Waals surface area contributed by atoms with Crippen molar-refractivity contribution in [3.63, 3.8) is 0 Å². The highest BCUT2D eigenvalue weighted by molar-refractivity contribution is 6.04. The molecule has 0 spiro atoms. The lowest BCUT2D eigenvalue weighted by atomic mass is 10.1. The lowest BCUT2D eigenvalue weighted by Crippen LogP contribution is -2.23. The van der Waals surface area contributed by atoms with E-state index in [0.717, 1.165) is 30.9 Å². The van der Waals surface area contributed by atoms with E-state index in [2.05, 4.69) is 36.3 Å². The number of carbonyl (C=O) groups excluding carboxylic acids is 1. The molecule has 24 heavy (non-hydrogen) atoms. The Hall–Kier alpha value is -2.33. The van der Waals surface area contributed by atoms with Gasteiger partial charge in [-0.15, -0.1) is 0 Å². The van der Waals surface area contributed by atoms with Gasteiger partial charge in [0.05, 0.1) is 0 Å². The van der Waals surface area contributed by atoms with Crippen LogP contribution in [0.15, 0.2) is 48.5 Å². The zero-order valence-corrected chi connectivity index (χ0v) is 15.0. The van der Waals surface area contributed by atoms with E-state index in [1.807, 2.05) is 55.5 Å². The molecule has 0 radical (unpaired) electrons. The summed E-state index contributed by atoms with van der Waals surface area (Å²) in [6.07, 6.45) is 1.11. The molecule has 0 unspecified atom stereocenters. The Labute approximate surface area is 145 Å². The fraction of sp³-hybridized carbons (Fsp3) is 0.350. The van der Waals surface area contributed by atoms with E-state index in [-0.39, 0.29) is 5.91 Å². The summed E-state index contributed by atoms with van der Waals surface area (Å²) in [6.45, 7) is 4.09. The third kappa shape index (κ3) is 5.39. The largest absolute Gasteiger partial charge is 0.375 e. The van der Waals surface area contributed by atoms with Crippen LogP contribution in [0.4, 0.5) is 11.4 Å².